The van der Waals surface area contributed by atoms with E-state index < -0.39 is 0 Å². The molecule has 1 N–H and O–H groups in total. The molecule has 1 aromatic heterocycles. The first-order valence-electron chi connectivity index (χ1n) is 7.41. The second kappa shape index (κ2) is 5.33. The number of benzene rings is 1. The minimum atomic E-state index is -0.231. The number of aryl methyl sites for hydroxylation is 1. The van der Waals surface area contributed by atoms with Gasteiger partial charge < -0.3 is 9.67 Å². The highest BCUT2D eigenvalue weighted by molar-refractivity contribution is 5.75. The number of aliphatic hydroxyl groups excluding tert-OH is 1. The summed E-state index contributed by atoms with van der Waals surface area (Å²) in [6.07, 6.45) is 5.57. The van der Waals surface area contributed by atoms with Gasteiger partial charge in [0.25, 0.3) is 0 Å². The zero-order valence-electron chi connectivity index (χ0n) is 11.5. The van der Waals surface area contributed by atoms with E-state index in [1.807, 2.05) is 18.2 Å². The normalized spacial score (nSPS) is 18.2. The minimum absolute atomic E-state index is 0.231. The molecule has 0 bridgehead atoms. The summed E-state index contributed by atoms with van der Waals surface area (Å²) < 4.78 is 2.21. The maximum atomic E-state index is 10.5. The largest absolute Gasteiger partial charge is 0.391 e. The fourth-order valence-electron chi connectivity index (χ4n) is 3.28. The van der Waals surface area contributed by atoms with Crippen molar-refractivity contribution in [2.45, 2.75) is 51.7 Å². The van der Waals surface area contributed by atoms with Gasteiger partial charge in [-0.2, -0.15) is 0 Å². The molecule has 102 valence electrons. The van der Waals surface area contributed by atoms with Crippen molar-refractivity contribution in [3.63, 3.8) is 0 Å². The van der Waals surface area contributed by atoms with Crippen molar-refractivity contribution >= 4 is 11.0 Å². The summed E-state index contributed by atoms with van der Waals surface area (Å²) in [4.78, 5) is 4.66. The lowest BCUT2D eigenvalue weighted by molar-refractivity contribution is 0.0934. The van der Waals surface area contributed by atoms with Crippen LogP contribution in [0.5, 0.6) is 0 Å². The van der Waals surface area contributed by atoms with Crippen LogP contribution in [0.2, 0.25) is 0 Å². The fraction of sp³-hybridized carbons (Fsp3) is 0.562. The molecular formula is C16H22N2O. The van der Waals surface area contributed by atoms with E-state index in [1.54, 1.807) is 0 Å². The molecule has 3 nitrogen and oxygen atoms in total. The van der Waals surface area contributed by atoms with Crippen LogP contribution in [0.1, 0.15) is 38.4 Å². The number of aromatic nitrogens is 2. The molecule has 0 amide bonds. The highest BCUT2D eigenvalue weighted by Gasteiger charge is 2.24. The molecule has 3 heteroatoms. The average molecular weight is 258 g/mol. The third-order valence-electron chi connectivity index (χ3n) is 4.36. The van der Waals surface area contributed by atoms with Crippen molar-refractivity contribution in [1.82, 2.24) is 9.55 Å². The molecule has 19 heavy (non-hydrogen) atoms. The molecule has 1 fully saturated rings. The average Bonchev–Trinajstić information content (AvgIpc) is 3.06. The van der Waals surface area contributed by atoms with Crippen LogP contribution in [0.3, 0.4) is 0 Å². The van der Waals surface area contributed by atoms with E-state index >= 15 is 0 Å². The number of imidazole rings is 1. The number of hydrogen-bond acceptors (Lipinski definition) is 2. The Morgan fingerprint density at radius 1 is 1.32 bits per heavy atom. The van der Waals surface area contributed by atoms with Gasteiger partial charge in [0.2, 0.25) is 0 Å². The van der Waals surface area contributed by atoms with E-state index in [0.29, 0.717) is 12.5 Å². The molecule has 0 radical (unpaired) electrons. The van der Waals surface area contributed by atoms with Crippen LogP contribution in [0.15, 0.2) is 24.3 Å². The van der Waals surface area contributed by atoms with Gasteiger partial charge in [-0.25, -0.2) is 4.98 Å². The van der Waals surface area contributed by atoms with E-state index in [4.69, 9.17) is 0 Å². The van der Waals surface area contributed by atoms with Crippen LogP contribution in [-0.4, -0.2) is 20.8 Å². The Morgan fingerprint density at radius 3 is 2.79 bits per heavy atom. The van der Waals surface area contributed by atoms with Gasteiger partial charge in [0, 0.05) is 6.42 Å². The molecule has 0 aliphatic heterocycles. The number of rotatable bonds is 4. The quantitative estimate of drug-likeness (QED) is 0.914. The van der Waals surface area contributed by atoms with E-state index in [1.165, 1.54) is 25.7 Å². The first-order chi connectivity index (χ1) is 9.29. The molecule has 0 saturated heterocycles. The summed E-state index contributed by atoms with van der Waals surface area (Å²) in [6.45, 7) is 2.81. The third-order valence-corrected chi connectivity index (χ3v) is 4.36. The van der Waals surface area contributed by atoms with Crippen molar-refractivity contribution in [3.05, 3.63) is 30.1 Å². The lowest BCUT2D eigenvalue weighted by atomic mass is 10.0. The Labute approximate surface area is 114 Å². The molecule has 2 aromatic rings. The molecule has 1 unspecified atom stereocenters. The van der Waals surface area contributed by atoms with Crippen molar-refractivity contribution in [2.75, 3.05) is 0 Å². The lowest BCUT2D eigenvalue weighted by Crippen LogP contribution is -2.24. The summed E-state index contributed by atoms with van der Waals surface area (Å²) in [7, 11) is 0. The molecule has 1 saturated carbocycles. The van der Waals surface area contributed by atoms with Crippen molar-refractivity contribution in [3.8, 4) is 0 Å². The Balaban J connectivity index is 1.90. The summed E-state index contributed by atoms with van der Waals surface area (Å²) >= 11 is 0. The van der Waals surface area contributed by atoms with Crippen LogP contribution >= 0.6 is 0 Å². The van der Waals surface area contributed by atoms with Gasteiger partial charge in [0.15, 0.2) is 0 Å². The lowest BCUT2D eigenvalue weighted by Gasteiger charge is -2.19. The molecule has 1 atom stereocenters. The van der Waals surface area contributed by atoms with Gasteiger partial charge in [-0.1, -0.05) is 31.9 Å². The summed E-state index contributed by atoms with van der Waals surface area (Å²) in [5.41, 5.74) is 2.19. The van der Waals surface area contributed by atoms with Gasteiger partial charge in [-0.3, -0.25) is 0 Å². The van der Waals surface area contributed by atoms with Gasteiger partial charge in [-0.15, -0.1) is 0 Å². The maximum Gasteiger partial charge on any atom is 0.109 e. The van der Waals surface area contributed by atoms with Gasteiger partial charge >= 0.3 is 0 Å². The van der Waals surface area contributed by atoms with Gasteiger partial charge in [-0.05, 0) is 30.9 Å². The summed E-state index contributed by atoms with van der Waals surface area (Å²) in [5.74, 6) is 1.56. The van der Waals surface area contributed by atoms with Gasteiger partial charge in [0.05, 0.1) is 23.7 Å². The topological polar surface area (TPSA) is 38.0 Å². The van der Waals surface area contributed by atoms with E-state index in [9.17, 15) is 5.11 Å². The van der Waals surface area contributed by atoms with Crippen LogP contribution in [0.4, 0.5) is 0 Å². The van der Waals surface area contributed by atoms with Crippen LogP contribution < -0.4 is 0 Å². The summed E-state index contributed by atoms with van der Waals surface area (Å²) in [6, 6.07) is 8.21. The highest BCUT2D eigenvalue weighted by atomic mass is 16.3. The smallest absolute Gasteiger partial charge is 0.109 e. The van der Waals surface area contributed by atoms with Crippen molar-refractivity contribution in [1.29, 1.82) is 0 Å². The Kier molecular flexibility index (Phi) is 3.56. The number of nitrogens with zero attached hydrogens (tertiary/aromatic N) is 2. The van der Waals surface area contributed by atoms with Gasteiger partial charge in [0.1, 0.15) is 5.82 Å². The zero-order valence-corrected chi connectivity index (χ0v) is 11.5. The summed E-state index contributed by atoms with van der Waals surface area (Å²) in [5, 5.41) is 10.5. The number of fused-ring (bicyclic) bond motifs is 1. The van der Waals surface area contributed by atoms with Crippen molar-refractivity contribution in [2.24, 2.45) is 5.92 Å². The molecule has 1 aliphatic rings. The van der Waals surface area contributed by atoms with Crippen molar-refractivity contribution < 1.29 is 5.11 Å². The second-order valence-corrected chi connectivity index (χ2v) is 5.59. The molecule has 3 rings (SSSR count). The maximum absolute atomic E-state index is 10.5. The first kappa shape index (κ1) is 12.7. The minimum Gasteiger partial charge on any atom is -0.391 e. The number of hydrogen-bond donors (Lipinski definition) is 1. The van der Waals surface area contributed by atoms with E-state index in [2.05, 4.69) is 22.5 Å². The fourth-order valence-corrected chi connectivity index (χ4v) is 3.28. The number of aliphatic hydroxyl groups is 1. The van der Waals surface area contributed by atoms with E-state index in [0.717, 1.165) is 23.3 Å². The molecule has 1 aromatic carbocycles. The highest BCUT2D eigenvalue weighted by Crippen LogP contribution is 2.29. The molecular weight excluding hydrogens is 236 g/mol. The predicted octanol–water partition coefficient (Wildman–Crippen LogP) is 3.15. The van der Waals surface area contributed by atoms with Crippen LogP contribution in [0.25, 0.3) is 11.0 Å². The first-order valence-corrected chi connectivity index (χ1v) is 7.41. The third kappa shape index (κ3) is 2.39. The second-order valence-electron chi connectivity index (χ2n) is 5.59. The SMILES string of the molecule is CCc1nc2ccccc2n1CC(O)C1CCCC1. The molecule has 0 spiro atoms. The number of para-hydroxylation sites is 2. The zero-order chi connectivity index (χ0) is 13.2. The Hall–Kier alpha value is -1.35. The van der Waals surface area contributed by atoms with Crippen LogP contribution in [-0.2, 0) is 13.0 Å². The monoisotopic (exact) mass is 258 g/mol. The predicted molar refractivity (Wildman–Crippen MR) is 77.1 cm³/mol. The van der Waals surface area contributed by atoms with E-state index in [-0.39, 0.29) is 6.10 Å². The molecule has 1 aliphatic carbocycles. The standard InChI is InChI=1S/C16H22N2O/c1-2-16-17-13-9-5-6-10-14(13)18(16)11-15(19)12-7-3-4-8-12/h5-6,9-10,12,15,19H,2-4,7-8,11H2,1H3. The Bertz CT molecular complexity index is 555. The Morgan fingerprint density at radius 2 is 2.05 bits per heavy atom. The molecule has 1 heterocycles. The van der Waals surface area contributed by atoms with Crippen LogP contribution in [0, 0.1) is 5.92 Å².